The number of hydrogen-bond acceptors (Lipinski definition) is 1. The first-order chi connectivity index (χ1) is 34.6. The lowest BCUT2D eigenvalue weighted by atomic mass is 9.83. The Morgan fingerprint density at radius 2 is 0.943 bits per heavy atom. The Labute approximate surface area is 335 Å². The number of furan rings is 1. The second kappa shape index (κ2) is 11.8. The van der Waals surface area contributed by atoms with Crippen LogP contribution in [0, 0.1) is 0 Å². The van der Waals surface area contributed by atoms with E-state index in [2.05, 4.69) is 0 Å². The van der Waals surface area contributed by atoms with Gasteiger partial charge >= 0.3 is 0 Å². The van der Waals surface area contributed by atoms with Crippen molar-refractivity contribution in [3.05, 3.63) is 194 Å². The number of fused-ring (bicyclic) bond motifs is 7. The van der Waals surface area contributed by atoms with E-state index in [0.717, 1.165) is 0 Å². The van der Waals surface area contributed by atoms with Gasteiger partial charge in [-0.05, 0) is 106 Å². The second-order valence-electron chi connectivity index (χ2n) is 12.4. The SMILES string of the molecule is [2H]c1c([2H])c(-c2c([2H])c([2H])c(-c3c4c([2H])c([2H])c([2H])c([2H])c4c(-c4cccc5ccccc45)c4c([2H])c([2H])c([2H])c([2H])c34)c3c([2H])c([2H])c([2H])c([2H])c23)c2c(oc3c([2H])c(-c4ccccc4)c([2H])c([2H])c32)c1[2H]. The molecule has 0 unspecified atom stereocenters. The molecule has 246 valence electrons. The summed E-state index contributed by atoms with van der Waals surface area (Å²) in [6, 6.07) is 5.65. The molecule has 0 spiro atoms. The Morgan fingerprint density at radius 3 is 1.68 bits per heavy atom. The van der Waals surface area contributed by atoms with E-state index in [-0.39, 0.29) is 38.3 Å². The smallest absolute Gasteiger partial charge is 0.136 e. The minimum atomic E-state index is -0.908. The van der Waals surface area contributed by atoms with Crippen LogP contribution in [0.2, 0.25) is 0 Å². The van der Waals surface area contributed by atoms with E-state index >= 15 is 0 Å². The van der Waals surface area contributed by atoms with Gasteiger partial charge in [-0.1, -0.05) is 176 Å². The highest BCUT2D eigenvalue weighted by Crippen LogP contribution is 2.48. The molecule has 10 aromatic carbocycles. The Morgan fingerprint density at radius 1 is 0.340 bits per heavy atom. The third-order valence-corrected chi connectivity index (χ3v) is 9.57. The first kappa shape index (κ1) is 16.2. The van der Waals surface area contributed by atoms with Crippen molar-refractivity contribution in [1.29, 1.82) is 0 Å². The van der Waals surface area contributed by atoms with Crippen LogP contribution >= 0.6 is 0 Å². The number of rotatable bonds is 4. The maximum atomic E-state index is 10.1. The van der Waals surface area contributed by atoms with E-state index in [1.165, 1.54) is 0 Å². The molecular formula is C52H32O. The van der Waals surface area contributed by atoms with Crippen LogP contribution in [-0.2, 0) is 0 Å². The average molecular weight is 693 g/mol. The minimum absolute atomic E-state index is 0.0113. The van der Waals surface area contributed by atoms with Crippen LogP contribution in [0.1, 0.15) is 27.4 Å². The molecule has 0 aliphatic carbocycles. The summed E-state index contributed by atoms with van der Waals surface area (Å²) in [5.41, 5.74) is -2.32. The van der Waals surface area contributed by atoms with E-state index in [1.807, 2.05) is 0 Å². The van der Waals surface area contributed by atoms with E-state index in [0.29, 0.717) is 21.9 Å². The lowest BCUT2D eigenvalue weighted by Gasteiger charge is -2.20. The van der Waals surface area contributed by atoms with Crippen molar-refractivity contribution < 1.29 is 31.8 Å². The van der Waals surface area contributed by atoms with Gasteiger partial charge in [0.05, 0.1) is 27.4 Å². The fourth-order valence-electron chi connectivity index (χ4n) is 7.28. The largest absolute Gasteiger partial charge is 0.456 e. The van der Waals surface area contributed by atoms with Crippen LogP contribution in [0.15, 0.2) is 198 Å². The molecule has 0 atom stereocenters. The van der Waals surface area contributed by atoms with E-state index in [1.54, 1.807) is 72.8 Å². The molecule has 0 amide bonds. The molecule has 0 saturated heterocycles. The van der Waals surface area contributed by atoms with Gasteiger partial charge in [-0.2, -0.15) is 0 Å². The molecule has 0 aliphatic heterocycles. The second-order valence-corrected chi connectivity index (χ2v) is 12.4. The molecule has 0 bridgehead atoms. The van der Waals surface area contributed by atoms with Gasteiger partial charge in [0.2, 0.25) is 0 Å². The van der Waals surface area contributed by atoms with Gasteiger partial charge in [0.25, 0.3) is 0 Å². The Hall–Kier alpha value is -6.96. The Balaban J connectivity index is 1.42. The number of benzene rings is 10. The maximum Gasteiger partial charge on any atom is 0.136 e. The first-order valence-corrected chi connectivity index (χ1v) is 16.6. The fourth-order valence-corrected chi connectivity index (χ4v) is 7.28. The lowest BCUT2D eigenvalue weighted by molar-refractivity contribution is 0.669. The molecule has 0 N–H and O–H groups in total. The molecule has 11 aromatic rings. The van der Waals surface area contributed by atoms with Gasteiger partial charge in [0, 0.05) is 10.8 Å². The van der Waals surface area contributed by atoms with Crippen LogP contribution in [-0.4, -0.2) is 0 Å². The number of hydrogen-bond donors (Lipinski definition) is 0. The van der Waals surface area contributed by atoms with Gasteiger partial charge < -0.3 is 4.42 Å². The highest BCUT2D eigenvalue weighted by atomic mass is 16.3. The molecule has 0 radical (unpaired) electrons. The first-order valence-electron chi connectivity index (χ1n) is 26.6. The standard InChI is InChI=1S/C52H32O/c1-2-14-33(15-3-1)35-28-29-47-49(32-35)53-48-27-13-26-41(52(47)48)39-30-31-46(38-20-7-6-19-37(38)39)51-44-23-10-8-21-42(44)50(43-22-9-11-24-45(43)51)40-25-12-17-34-16-4-5-18-36(34)40/h1-32H/i6D,7D,8D,9D,10D,11D,13D,19D,20D,21D,22D,23D,24D,26D,27D,28D,29D,30D,31D,32D. The van der Waals surface area contributed by atoms with Crippen molar-refractivity contribution >= 4 is 65.0 Å². The normalized spacial score (nSPS) is 17.1. The zero-order valence-electron chi connectivity index (χ0n) is 47.3. The van der Waals surface area contributed by atoms with Gasteiger partial charge in [-0.3, -0.25) is 0 Å². The highest BCUT2D eigenvalue weighted by Gasteiger charge is 2.21. The van der Waals surface area contributed by atoms with Crippen molar-refractivity contribution in [2.45, 2.75) is 0 Å². The third kappa shape index (κ3) is 4.58. The van der Waals surface area contributed by atoms with Crippen LogP contribution in [0.25, 0.3) is 110 Å². The zero-order valence-corrected chi connectivity index (χ0v) is 27.3. The van der Waals surface area contributed by atoms with Gasteiger partial charge in [0.15, 0.2) is 0 Å². The maximum absolute atomic E-state index is 10.1. The third-order valence-electron chi connectivity index (χ3n) is 9.57. The highest BCUT2D eigenvalue weighted by molar-refractivity contribution is 6.26. The summed E-state index contributed by atoms with van der Waals surface area (Å²) in [7, 11) is 0. The quantitative estimate of drug-likeness (QED) is 0.167. The summed E-state index contributed by atoms with van der Waals surface area (Å²) in [4.78, 5) is 0. The van der Waals surface area contributed by atoms with E-state index < -0.39 is 170 Å². The fraction of sp³-hybridized carbons (Fsp3) is 0. The summed E-state index contributed by atoms with van der Waals surface area (Å²) in [6.45, 7) is 0. The zero-order chi connectivity index (χ0) is 52.3. The van der Waals surface area contributed by atoms with Crippen molar-refractivity contribution in [1.82, 2.24) is 0 Å². The monoisotopic (exact) mass is 692 g/mol. The summed E-state index contributed by atoms with van der Waals surface area (Å²) in [5, 5.41) is -1.91. The van der Waals surface area contributed by atoms with Crippen molar-refractivity contribution in [2.24, 2.45) is 0 Å². The lowest BCUT2D eigenvalue weighted by Crippen LogP contribution is -1.93. The van der Waals surface area contributed by atoms with Crippen molar-refractivity contribution in [3.8, 4) is 44.5 Å². The van der Waals surface area contributed by atoms with Crippen LogP contribution in [0.5, 0.6) is 0 Å². The molecule has 0 fully saturated rings. The summed E-state index contributed by atoms with van der Waals surface area (Å²) in [6.07, 6.45) is 0. The van der Waals surface area contributed by atoms with Crippen molar-refractivity contribution in [2.75, 3.05) is 0 Å². The Kier molecular flexibility index (Phi) is 3.60. The molecule has 1 nitrogen and oxygen atoms in total. The molecule has 0 aliphatic rings. The summed E-state index contributed by atoms with van der Waals surface area (Å²) >= 11 is 0. The van der Waals surface area contributed by atoms with E-state index in [9.17, 15) is 15.1 Å². The van der Waals surface area contributed by atoms with Gasteiger partial charge in [-0.25, -0.2) is 0 Å². The van der Waals surface area contributed by atoms with Crippen LogP contribution in [0.3, 0.4) is 0 Å². The van der Waals surface area contributed by atoms with Crippen molar-refractivity contribution in [3.63, 3.8) is 0 Å². The van der Waals surface area contributed by atoms with E-state index in [4.69, 9.17) is 16.8 Å². The molecule has 0 saturated carbocycles. The predicted molar refractivity (Wildman–Crippen MR) is 225 cm³/mol. The molecule has 11 rings (SSSR count). The summed E-state index contributed by atoms with van der Waals surface area (Å²) < 4.78 is 193. The van der Waals surface area contributed by atoms with Crippen LogP contribution in [0.4, 0.5) is 0 Å². The minimum Gasteiger partial charge on any atom is -0.456 e. The predicted octanol–water partition coefficient (Wildman–Crippen LogP) is 14.9. The molecule has 1 aromatic heterocycles. The topological polar surface area (TPSA) is 13.1 Å². The van der Waals surface area contributed by atoms with Gasteiger partial charge in [0.1, 0.15) is 11.2 Å². The molecular weight excluding hydrogens is 641 g/mol. The molecule has 53 heavy (non-hydrogen) atoms. The van der Waals surface area contributed by atoms with Gasteiger partial charge in [-0.15, -0.1) is 0 Å². The molecule has 1 heteroatoms. The summed E-state index contributed by atoms with van der Waals surface area (Å²) in [5.74, 6) is 0. The molecule has 1 heterocycles. The Bertz CT molecular complexity index is 4290. The average Bonchev–Trinajstić information content (AvgIpc) is 3.79. The van der Waals surface area contributed by atoms with Crippen LogP contribution < -0.4 is 0 Å².